The topological polar surface area (TPSA) is 76.0 Å². The molecule has 0 radical (unpaired) electrons. The minimum Gasteiger partial charge on any atom is -0.460 e. The third-order valence-corrected chi connectivity index (χ3v) is 3.91. The van der Waals surface area contributed by atoms with Crippen molar-refractivity contribution in [3.63, 3.8) is 0 Å². The van der Waals surface area contributed by atoms with Gasteiger partial charge in [-0.3, -0.25) is 14.6 Å². The van der Waals surface area contributed by atoms with Gasteiger partial charge in [-0.2, -0.15) is 0 Å². The third-order valence-electron chi connectivity index (χ3n) is 3.91. The molecule has 1 amide bonds. The minimum atomic E-state index is -0.892. The molecule has 110 valence electrons. The number of nitrogens with zero attached hydrogens (tertiary/aromatic N) is 2. The average Bonchev–Trinajstić information content (AvgIpc) is 2.44. The molecule has 1 fully saturated rings. The largest absolute Gasteiger partial charge is 0.460 e. The number of rotatable bonds is 4. The van der Waals surface area contributed by atoms with Gasteiger partial charge in [0.1, 0.15) is 5.71 Å². The molecule has 0 aromatic rings. The summed E-state index contributed by atoms with van der Waals surface area (Å²) in [5.41, 5.74) is 0.189. The fourth-order valence-electron chi connectivity index (χ4n) is 2.86. The number of ether oxygens (including phenoxy) is 1. The first-order valence-electron chi connectivity index (χ1n) is 7.08. The monoisotopic (exact) mass is 280 g/mol. The van der Waals surface area contributed by atoms with Gasteiger partial charge in [0, 0.05) is 7.05 Å². The zero-order valence-corrected chi connectivity index (χ0v) is 11.9. The van der Waals surface area contributed by atoms with E-state index in [4.69, 9.17) is 0 Å². The first kappa shape index (κ1) is 14.7. The van der Waals surface area contributed by atoms with Crippen LogP contribution >= 0.6 is 0 Å². The summed E-state index contributed by atoms with van der Waals surface area (Å²) in [6, 6.07) is 0.203. The highest BCUT2D eigenvalue weighted by Gasteiger charge is 2.38. The fraction of sp³-hybridized carbons (Fsp3) is 0.714. The number of aliphatic imine (C=N–C) groups is 1. The Morgan fingerprint density at radius 2 is 2.05 bits per heavy atom. The Bertz CT molecular complexity index is 458. The number of ketones is 1. The van der Waals surface area contributed by atoms with Crippen LogP contribution in [0, 0.1) is 0 Å². The van der Waals surface area contributed by atoms with Crippen LogP contribution in [0.1, 0.15) is 39.0 Å². The van der Waals surface area contributed by atoms with Crippen molar-refractivity contribution in [1.82, 2.24) is 4.90 Å². The Hall–Kier alpha value is -1.72. The van der Waals surface area contributed by atoms with E-state index in [2.05, 4.69) is 9.73 Å². The van der Waals surface area contributed by atoms with Crippen LogP contribution in [-0.2, 0) is 19.1 Å². The number of hydrogen-bond acceptors (Lipinski definition) is 5. The highest BCUT2D eigenvalue weighted by atomic mass is 16.5. The van der Waals surface area contributed by atoms with Gasteiger partial charge in [0.2, 0.25) is 5.78 Å². The van der Waals surface area contributed by atoms with Crippen molar-refractivity contribution in [2.45, 2.75) is 51.1 Å². The lowest BCUT2D eigenvalue weighted by molar-refractivity contribution is -0.153. The summed E-state index contributed by atoms with van der Waals surface area (Å²) >= 11 is 0. The number of esters is 1. The molecule has 1 heterocycles. The van der Waals surface area contributed by atoms with Gasteiger partial charge >= 0.3 is 5.97 Å². The molecular formula is C14H20N2O4. The van der Waals surface area contributed by atoms with Gasteiger partial charge in [-0.15, -0.1) is 0 Å². The van der Waals surface area contributed by atoms with E-state index < -0.39 is 11.8 Å². The molecular weight excluding hydrogens is 260 g/mol. The normalized spacial score (nSPS) is 25.8. The molecule has 1 aliphatic heterocycles. The van der Waals surface area contributed by atoms with E-state index in [0.29, 0.717) is 0 Å². The summed E-state index contributed by atoms with van der Waals surface area (Å²) in [6.07, 6.45) is 3.82. The molecule has 2 aliphatic rings. The fourth-order valence-corrected chi connectivity index (χ4v) is 2.86. The lowest BCUT2D eigenvalue weighted by Crippen LogP contribution is -2.52. The Kier molecular flexibility index (Phi) is 4.52. The number of likely N-dealkylation sites (N-methyl/N-ethyl adjacent to an activating group) is 1. The Labute approximate surface area is 118 Å². The molecule has 0 N–H and O–H groups in total. The quantitative estimate of drug-likeness (QED) is 0.562. The van der Waals surface area contributed by atoms with Crippen LogP contribution in [0.25, 0.3) is 0 Å². The lowest BCUT2D eigenvalue weighted by Gasteiger charge is -2.39. The second kappa shape index (κ2) is 6.15. The van der Waals surface area contributed by atoms with Crippen LogP contribution in [0.3, 0.4) is 0 Å². The molecule has 0 unspecified atom stereocenters. The van der Waals surface area contributed by atoms with E-state index in [1.54, 1.807) is 18.9 Å². The van der Waals surface area contributed by atoms with Crippen LogP contribution in [0.5, 0.6) is 0 Å². The Morgan fingerprint density at radius 1 is 1.35 bits per heavy atom. The minimum absolute atomic E-state index is 0.0662. The first-order valence-corrected chi connectivity index (χ1v) is 7.08. The molecule has 0 spiro atoms. The average molecular weight is 280 g/mol. The smallest absolute Gasteiger partial charge is 0.375 e. The lowest BCUT2D eigenvalue weighted by atomic mass is 9.87. The number of carbonyl (C=O) groups excluding carboxylic acids is 3. The highest BCUT2D eigenvalue weighted by Crippen LogP contribution is 2.28. The predicted molar refractivity (Wildman–Crippen MR) is 72.5 cm³/mol. The van der Waals surface area contributed by atoms with Crippen LogP contribution in [0.4, 0.5) is 0 Å². The van der Waals surface area contributed by atoms with Crippen molar-refractivity contribution in [3.05, 3.63) is 0 Å². The molecule has 0 aromatic carbocycles. The van der Waals surface area contributed by atoms with E-state index in [1.165, 1.54) is 0 Å². The molecule has 2 atom stereocenters. The highest BCUT2D eigenvalue weighted by molar-refractivity contribution is 6.48. The summed E-state index contributed by atoms with van der Waals surface area (Å²) in [7, 11) is 1.74. The summed E-state index contributed by atoms with van der Waals surface area (Å²) in [5.74, 6) is -1.84. The standard InChI is InChI=1S/C14H20N2O4/c1-3-20-14(19)12(17)8-10-13(18)16(2)11-7-5-4-6-9(11)15-10/h9,11H,3-8H2,1-2H3/t9-,11+/m1/s1. The maximum Gasteiger partial charge on any atom is 0.375 e. The van der Waals surface area contributed by atoms with Gasteiger partial charge in [0.15, 0.2) is 0 Å². The Morgan fingerprint density at radius 3 is 2.75 bits per heavy atom. The van der Waals surface area contributed by atoms with E-state index in [1.807, 2.05) is 0 Å². The van der Waals surface area contributed by atoms with E-state index >= 15 is 0 Å². The number of carbonyl (C=O) groups is 3. The van der Waals surface area contributed by atoms with Crippen LogP contribution in [-0.4, -0.2) is 54.0 Å². The Balaban J connectivity index is 2.10. The zero-order chi connectivity index (χ0) is 14.7. The molecule has 0 bridgehead atoms. The van der Waals surface area contributed by atoms with E-state index in [0.717, 1.165) is 25.7 Å². The molecule has 6 nitrogen and oxygen atoms in total. The molecule has 20 heavy (non-hydrogen) atoms. The maximum absolute atomic E-state index is 12.2. The van der Waals surface area contributed by atoms with Gasteiger partial charge < -0.3 is 9.64 Å². The summed E-state index contributed by atoms with van der Waals surface area (Å²) in [6.45, 7) is 1.78. The van der Waals surface area contributed by atoms with Crippen molar-refractivity contribution in [2.24, 2.45) is 4.99 Å². The van der Waals surface area contributed by atoms with Crippen molar-refractivity contribution in [2.75, 3.05) is 13.7 Å². The van der Waals surface area contributed by atoms with Gasteiger partial charge in [-0.05, 0) is 19.8 Å². The van der Waals surface area contributed by atoms with Gasteiger partial charge in [-0.25, -0.2) is 4.79 Å². The van der Waals surface area contributed by atoms with Gasteiger partial charge in [0.05, 0.1) is 25.1 Å². The second-order valence-electron chi connectivity index (χ2n) is 5.23. The SMILES string of the molecule is CCOC(=O)C(=O)CC1=N[C@@H]2CCCC[C@@H]2N(C)C1=O. The van der Waals surface area contributed by atoms with Crippen molar-refractivity contribution >= 4 is 23.4 Å². The van der Waals surface area contributed by atoms with Crippen molar-refractivity contribution in [3.8, 4) is 0 Å². The first-order chi connectivity index (χ1) is 9.54. The van der Waals surface area contributed by atoms with Crippen LogP contribution in [0.2, 0.25) is 0 Å². The molecule has 2 rings (SSSR count). The van der Waals surface area contributed by atoms with Crippen LogP contribution in [0.15, 0.2) is 4.99 Å². The zero-order valence-electron chi connectivity index (χ0n) is 11.9. The van der Waals surface area contributed by atoms with E-state index in [9.17, 15) is 14.4 Å². The van der Waals surface area contributed by atoms with E-state index in [-0.39, 0.29) is 36.7 Å². The summed E-state index contributed by atoms with van der Waals surface area (Å²) < 4.78 is 4.65. The third kappa shape index (κ3) is 2.89. The molecule has 1 aliphatic carbocycles. The number of hydrogen-bond donors (Lipinski definition) is 0. The van der Waals surface area contributed by atoms with Crippen LogP contribution < -0.4 is 0 Å². The molecule has 6 heteroatoms. The second-order valence-corrected chi connectivity index (χ2v) is 5.23. The predicted octanol–water partition coefficient (Wildman–Crippen LogP) is 0.733. The number of amides is 1. The maximum atomic E-state index is 12.2. The number of Topliss-reactive ketones (excluding diaryl/α,β-unsaturated/α-hetero) is 1. The summed E-state index contributed by atoms with van der Waals surface area (Å²) in [5, 5.41) is 0. The van der Waals surface area contributed by atoms with Crippen molar-refractivity contribution in [1.29, 1.82) is 0 Å². The molecule has 0 saturated heterocycles. The van der Waals surface area contributed by atoms with Gasteiger partial charge in [-0.1, -0.05) is 12.8 Å². The molecule has 1 saturated carbocycles. The van der Waals surface area contributed by atoms with Gasteiger partial charge in [0.25, 0.3) is 5.91 Å². The van der Waals surface area contributed by atoms with Crippen molar-refractivity contribution < 1.29 is 19.1 Å². The molecule has 0 aromatic heterocycles. The summed E-state index contributed by atoms with van der Waals surface area (Å²) in [4.78, 5) is 41.3. The number of fused-ring (bicyclic) bond motifs is 1.